The van der Waals surface area contributed by atoms with Gasteiger partial charge in [0.15, 0.2) is 0 Å². The highest BCUT2D eigenvalue weighted by molar-refractivity contribution is 6.35. The number of likely N-dealkylation sites (N-methyl/N-ethyl adjacent to an activating group) is 1. The van der Waals surface area contributed by atoms with Crippen LogP contribution in [0.15, 0.2) is 18.2 Å². The zero-order chi connectivity index (χ0) is 13.8. The number of hydrogen-bond donors (Lipinski definition) is 1. The van der Waals surface area contributed by atoms with Gasteiger partial charge in [0, 0.05) is 22.7 Å². The van der Waals surface area contributed by atoms with Gasteiger partial charge in [0.1, 0.15) is 0 Å². The Hall–Kier alpha value is -0.280. The van der Waals surface area contributed by atoms with E-state index in [1.807, 2.05) is 19.2 Å². The Labute approximate surface area is 125 Å². The Morgan fingerprint density at radius 2 is 2.11 bits per heavy atom. The van der Waals surface area contributed by atoms with Crippen LogP contribution in [0.1, 0.15) is 25.3 Å². The van der Waals surface area contributed by atoms with E-state index < -0.39 is 0 Å². The van der Waals surface area contributed by atoms with Crippen molar-refractivity contribution in [2.45, 2.75) is 38.3 Å². The van der Waals surface area contributed by atoms with Gasteiger partial charge in [-0.2, -0.15) is 0 Å². The molecule has 2 rings (SSSR count). The summed E-state index contributed by atoms with van der Waals surface area (Å²) in [5, 5.41) is 4.80. The lowest BCUT2D eigenvalue weighted by molar-refractivity contribution is 0.0211. The van der Waals surface area contributed by atoms with Crippen LogP contribution in [0, 0.1) is 5.92 Å². The van der Waals surface area contributed by atoms with Crippen molar-refractivity contribution in [2.75, 3.05) is 13.7 Å². The number of benzene rings is 1. The maximum atomic E-state index is 6.25. The molecule has 19 heavy (non-hydrogen) atoms. The third kappa shape index (κ3) is 4.09. The second-order valence-electron chi connectivity index (χ2n) is 5.09. The number of halogens is 2. The summed E-state index contributed by atoms with van der Waals surface area (Å²) in [5.74, 6) is 0.698. The van der Waals surface area contributed by atoms with Crippen LogP contribution in [0.25, 0.3) is 0 Å². The van der Waals surface area contributed by atoms with Crippen LogP contribution in [0.5, 0.6) is 0 Å². The minimum absolute atomic E-state index is 0.279. The lowest BCUT2D eigenvalue weighted by Gasteiger charge is -2.27. The third-order valence-electron chi connectivity index (χ3n) is 3.67. The number of hydrogen-bond acceptors (Lipinski definition) is 2. The molecule has 1 aliphatic carbocycles. The maximum absolute atomic E-state index is 6.25. The Morgan fingerprint density at radius 1 is 1.37 bits per heavy atom. The highest BCUT2D eigenvalue weighted by Gasteiger charge is 2.36. The molecule has 1 aromatic carbocycles. The number of nitrogens with one attached hydrogen (secondary N) is 1. The van der Waals surface area contributed by atoms with E-state index in [0.29, 0.717) is 17.0 Å². The van der Waals surface area contributed by atoms with Gasteiger partial charge in [0.2, 0.25) is 0 Å². The standard InChI is InChI=1S/C15H21Cl2NO/c1-3-19-15(10-4-5-10)14(18-2)8-11-6-7-12(16)9-13(11)17/h6-7,9-10,14-15,18H,3-5,8H2,1-2H3. The van der Waals surface area contributed by atoms with E-state index in [-0.39, 0.29) is 6.10 Å². The van der Waals surface area contributed by atoms with Gasteiger partial charge in [-0.3, -0.25) is 0 Å². The zero-order valence-corrected chi connectivity index (χ0v) is 13.0. The fourth-order valence-electron chi connectivity index (χ4n) is 2.50. The minimum Gasteiger partial charge on any atom is -0.377 e. The Balaban J connectivity index is 2.08. The molecule has 1 aromatic rings. The number of rotatable bonds is 7. The molecular weight excluding hydrogens is 281 g/mol. The van der Waals surface area contributed by atoms with Crippen molar-refractivity contribution in [2.24, 2.45) is 5.92 Å². The zero-order valence-electron chi connectivity index (χ0n) is 11.5. The molecule has 1 aliphatic rings. The van der Waals surface area contributed by atoms with Crippen LogP contribution in [0.3, 0.4) is 0 Å². The quantitative estimate of drug-likeness (QED) is 0.824. The second-order valence-corrected chi connectivity index (χ2v) is 5.94. The monoisotopic (exact) mass is 301 g/mol. The summed E-state index contributed by atoms with van der Waals surface area (Å²) in [6.45, 7) is 2.81. The molecule has 1 saturated carbocycles. The van der Waals surface area contributed by atoms with Crippen LogP contribution in [0.2, 0.25) is 10.0 Å². The summed E-state index contributed by atoms with van der Waals surface area (Å²) in [7, 11) is 1.99. The molecule has 0 heterocycles. The topological polar surface area (TPSA) is 21.3 Å². The summed E-state index contributed by atoms with van der Waals surface area (Å²) in [5.41, 5.74) is 1.12. The lowest BCUT2D eigenvalue weighted by atomic mass is 9.98. The third-order valence-corrected chi connectivity index (χ3v) is 4.25. The molecule has 0 spiro atoms. The van der Waals surface area contributed by atoms with Crippen molar-refractivity contribution < 1.29 is 4.74 Å². The van der Waals surface area contributed by atoms with Crippen molar-refractivity contribution in [3.05, 3.63) is 33.8 Å². The second kappa shape index (κ2) is 6.94. The van der Waals surface area contributed by atoms with Gasteiger partial charge in [0.25, 0.3) is 0 Å². The summed E-state index contributed by atoms with van der Waals surface area (Å²) >= 11 is 12.2. The first-order valence-corrected chi connectivity index (χ1v) is 7.64. The molecule has 2 unspecified atom stereocenters. The Bertz CT molecular complexity index is 421. The molecule has 0 aromatic heterocycles. The molecule has 0 saturated heterocycles. The van der Waals surface area contributed by atoms with E-state index in [2.05, 4.69) is 12.2 Å². The molecule has 0 bridgehead atoms. The Morgan fingerprint density at radius 3 is 2.63 bits per heavy atom. The maximum Gasteiger partial charge on any atom is 0.0759 e. The SMILES string of the molecule is CCOC(C1CC1)C(Cc1ccc(Cl)cc1Cl)NC. The predicted octanol–water partition coefficient (Wildman–Crippen LogP) is 3.94. The summed E-state index contributed by atoms with van der Waals surface area (Å²) < 4.78 is 5.92. The van der Waals surface area contributed by atoms with E-state index in [1.165, 1.54) is 12.8 Å². The van der Waals surface area contributed by atoms with Gasteiger partial charge in [-0.15, -0.1) is 0 Å². The van der Waals surface area contributed by atoms with Crippen LogP contribution in [-0.4, -0.2) is 25.8 Å². The average Bonchev–Trinajstić information content (AvgIpc) is 3.20. The molecule has 0 amide bonds. The lowest BCUT2D eigenvalue weighted by Crippen LogP contribution is -2.42. The van der Waals surface area contributed by atoms with Crippen LogP contribution in [-0.2, 0) is 11.2 Å². The minimum atomic E-state index is 0.279. The van der Waals surface area contributed by atoms with Gasteiger partial charge in [-0.1, -0.05) is 29.3 Å². The van der Waals surface area contributed by atoms with E-state index in [4.69, 9.17) is 27.9 Å². The highest BCUT2D eigenvalue weighted by Crippen LogP contribution is 2.37. The molecule has 2 nitrogen and oxygen atoms in total. The molecule has 0 aliphatic heterocycles. The summed E-state index contributed by atoms with van der Waals surface area (Å²) in [4.78, 5) is 0. The fourth-order valence-corrected chi connectivity index (χ4v) is 2.99. The average molecular weight is 302 g/mol. The van der Waals surface area contributed by atoms with Gasteiger partial charge in [-0.25, -0.2) is 0 Å². The summed E-state index contributed by atoms with van der Waals surface area (Å²) in [6.07, 6.45) is 3.70. The van der Waals surface area contributed by atoms with Crippen LogP contribution < -0.4 is 5.32 Å². The van der Waals surface area contributed by atoms with Gasteiger partial charge in [-0.05, 0) is 56.8 Å². The molecule has 1 fully saturated rings. The first-order valence-electron chi connectivity index (χ1n) is 6.88. The van der Waals surface area contributed by atoms with E-state index in [0.717, 1.165) is 23.6 Å². The van der Waals surface area contributed by atoms with Crippen LogP contribution >= 0.6 is 23.2 Å². The highest BCUT2D eigenvalue weighted by atomic mass is 35.5. The van der Waals surface area contributed by atoms with Gasteiger partial charge in [0.05, 0.1) is 6.10 Å². The van der Waals surface area contributed by atoms with Crippen molar-refractivity contribution in [1.29, 1.82) is 0 Å². The van der Waals surface area contributed by atoms with E-state index >= 15 is 0 Å². The molecule has 1 N–H and O–H groups in total. The normalized spacial score (nSPS) is 18.3. The summed E-state index contributed by atoms with van der Waals surface area (Å²) in [6, 6.07) is 6.00. The van der Waals surface area contributed by atoms with Crippen molar-refractivity contribution in [1.82, 2.24) is 5.32 Å². The first kappa shape index (κ1) is 15.1. The van der Waals surface area contributed by atoms with Crippen LogP contribution in [0.4, 0.5) is 0 Å². The van der Waals surface area contributed by atoms with Crippen molar-refractivity contribution >= 4 is 23.2 Å². The predicted molar refractivity (Wildman–Crippen MR) is 81.2 cm³/mol. The van der Waals surface area contributed by atoms with Gasteiger partial charge < -0.3 is 10.1 Å². The Kier molecular flexibility index (Phi) is 5.52. The van der Waals surface area contributed by atoms with Crippen molar-refractivity contribution in [3.8, 4) is 0 Å². The smallest absolute Gasteiger partial charge is 0.0759 e. The van der Waals surface area contributed by atoms with Crippen molar-refractivity contribution in [3.63, 3.8) is 0 Å². The van der Waals surface area contributed by atoms with E-state index in [9.17, 15) is 0 Å². The fraction of sp³-hybridized carbons (Fsp3) is 0.600. The van der Waals surface area contributed by atoms with E-state index in [1.54, 1.807) is 6.07 Å². The molecule has 4 heteroatoms. The molecular formula is C15H21Cl2NO. The first-order chi connectivity index (χ1) is 9.15. The molecule has 2 atom stereocenters. The molecule has 106 valence electrons. The molecule has 0 radical (unpaired) electrons. The number of ether oxygens (including phenoxy) is 1. The van der Waals surface area contributed by atoms with Gasteiger partial charge >= 0.3 is 0 Å². The largest absolute Gasteiger partial charge is 0.377 e.